The highest BCUT2D eigenvalue weighted by Gasteiger charge is 2.36. The van der Waals surface area contributed by atoms with Crippen LogP contribution in [0.5, 0.6) is 5.75 Å². The van der Waals surface area contributed by atoms with Crippen LogP contribution >= 0.6 is 0 Å². The van der Waals surface area contributed by atoms with Crippen molar-refractivity contribution in [3.8, 4) is 5.75 Å². The highest BCUT2D eigenvalue weighted by Crippen LogP contribution is 2.34. The number of hydrogen-bond acceptors (Lipinski definition) is 9. The molecule has 0 radical (unpaired) electrons. The fourth-order valence-electron chi connectivity index (χ4n) is 5.67. The van der Waals surface area contributed by atoms with Crippen molar-refractivity contribution < 1.29 is 33.5 Å². The van der Waals surface area contributed by atoms with Crippen LogP contribution in [0.3, 0.4) is 0 Å². The summed E-state index contributed by atoms with van der Waals surface area (Å²) in [6, 6.07) is 14.9. The second-order valence-corrected chi connectivity index (χ2v) is 11.6. The number of hydrogen-bond donors (Lipinski definition) is 2. The molecule has 234 valence electrons. The van der Waals surface area contributed by atoms with E-state index in [1.807, 2.05) is 0 Å². The Labute approximate surface area is 251 Å². The van der Waals surface area contributed by atoms with Crippen LogP contribution in [-0.4, -0.2) is 96.9 Å². The Morgan fingerprint density at radius 3 is 2.43 bits per heavy atom. The van der Waals surface area contributed by atoms with Gasteiger partial charge in [0, 0.05) is 52.3 Å². The molecule has 0 bridgehead atoms. The van der Waals surface area contributed by atoms with E-state index in [2.05, 4.69) is 59.6 Å². The van der Waals surface area contributed by atoms with Crippen molar-refractivity contribution in [3.63, 3.8) is 0 Å². The first-order valence-corrected chi connectivity index (χ1v) is 15.3. The van der Waals surface area contributed by atoms with Gasteiger partial charge in [0.25, 0.3) is 0 Å². The van der Waals surface area contributed by atoms with Crippen molar-refractivity contribution in [1.29, 1.82) is 0 Å². The quantitative estimate of drug-likeness (QED) is 0.269. The topological polar surface area (TPSA) is 90.9 Å². The number of rotatable bonds is 17. The molecule has 2 aromatic rings. The van der Waals surface area contributed by atoms with E-state index < -0.39 is 6.10 Å². The number of anilines is 1. The molecule has 4 rings (SSSR count). The molecular weight excluding hydrogens is 536 g/mol. The molecule has 2 heterocycles. The van der Waals surface area contributed by atoms with Crippen LogP contribution in [0.4, 0.5) is 5.69 Å². The SMILES string of the molecule is COCCCN1CCOc2ccc(CO[C@H]3CNC[C@@H](OCC(C)O)[C@@H]3c3ccc(COC[C@@H](C)COC)cc3)cc21. The molecule has 0 aliphatic carbocycles. The zero-order chi connectivity index (χ0) is 29.7. The molecule has 9 heteroatoms. The van der Waals surface area contributed by atoms with E-state index in [1.165, 1.54) is 0 Å². The predicted octanol–water partition coefficient (Wildman–Crippen LogP) is 3.76. The second-order valence-electron chi connectivity index (χ2n) is 11.6. The number of aliphatic hydroxyl groups is 1. The molecule has 2 N–H and O–H groups in total. The van der Waals surface area contributed by atoms with E-state index in [1.54, 1.807) is 21.1 Å². The molecule has 2 aliphatic rings. The van der Waals surface area contributed by atoms with E-state index in [4.69, 9.17) is 28.4 Å². The van der Waals surface area contributed by atoms with Gasteiger partial charge in [-0.2, -0.15) is 0 Å². The number of fused-ring (bicyclic) bond motifs is 1. The summed E-state index contributed by atoms with van der Waals surface area (Å²) in [5.74, 6) is 1.30. The number of benzene rings is 2. The van der Waals surface area contributed by atoms with E-state index in [0.29, 0.717) is 45.5 Å². The van der Waals surface area contributed by atoms with E-state index in [9.17, 15) is 5.11 Å². The molecule has 9 nitrogen and oxygen atoms in total. The lowest BCUT2D eigenvalue weighted by Gasteiger charge is -2.39. The molecule has 0 saturated carbocycles. The maximum atomic E-state index is 9.92. The summed E-state index contributed by atoms with van der Waals surface area (Å²) in [6.07, 6.45) is 0.220. The lowest BCUT2D eigenvalue weighted by Crippen LogP contribution is -2.51. The van der Waals surface area contributed by atoms with Crippen LogP contribution in [0.1, 0.15) is 42.9 Å². The van der Waals surface area contributed by atoms with Gasteiger partial charge >= 0.3 is 0 Å². The fraction of sp³-hybridized carbons (Fsp3) is 0.636. The van der Waals surface area contributed by atoms with E-state index in [0.717, 1.165) is 60.8 Å². The first-order chi connectivity index (χ1) is 20.5. The van der Waals surface area contributed by atoms with Gasteiger partial charge in [-0.3, -0.25) is 0 Å². The molecule has 0 amide bonds. The third-order valence-electron chi connectivity index (χ3n) is 7.75. The first kappa shape index (κ1) is 32.7. The highest BCUT2D eigenvalue weighted by atomic mass is 16.5. The predicted molar refractivity (Wildman–Crippen MR) is 163 cm³/mol. The number of ether oxygens (including phenoxy) is 6. The Kier molecular flexibility index (Phi) is 13.3. The zero-order valence-corrected chi connectivity index (χ0v) is 25.8. The number of nitrogens with one attached hydrogen (secondary N) is 1. The Morgan fingerprint density at radius 2 is 1.69 bits per heavy atom. The number of aliphatic hydroxyl groups excluding tert-OH is 1. The number of piperidine rings is 1. The van der Waals surface area contributed by atoms with E-state index in [-0.39, 0.29) is 24.7 Å². The zero-order valence-electron chi connectivity index (χ0n) is 25.8. The molecule has 42 heavy (non-hydrogen) atoms. The third kappa shape index (κ3) is 9.64. The third-order valence-corrected chi connectivity index (χ3v) is 7.75. The van der Waals surface area contributed by atoms with Crippen LogP contribution in [-0.2, 0) is 36.9 Å². The van der Waals surface area contributed by atoms with Crippen molar-refractivity contribution in [2.45, 2.75) is 57.7 Å². The lowest BCUT2D eigenvalue weighted by molar-refractivity contribution is -0.0752. The summed E-state index contributed by atoms with van der Waals surface area (Å²) < 4.78 is 35.1. The Balaban J connectivity index is 1.44. The highest BCUT2D eigenvalue weighted by molar-refractivity contribution is 5.61. The van der Waals surface area contributed by atoms with Gasteiger partial charge in [-0.15, -0.1) is 0 Å². The van der Waals surface area contributed by atoms with Crippen LogP contribution in [0.15, 0.2) is 42.5 Å². The van der Waals surface area contributed by atoms with Gasteiger partial charge in [0.15, 0.2) is 0 Å². The molecule has 1 fully saturated rings. The smallest absolute Gasteiger partial charge is 0.142 e. The molecule has 5 atom stereocenters. The number of methoxy groups -OCH3 is 2. The van der Waals surface area contributed by atoms with Crippen molar-refractivity contribution in [2.75, 3.05) is 78.3 Å². The normalized spacial score (nSPS) is 21.9. The fourth-order valence-corrected chi connectivity index (χ4v) is 5.67. The molecule has 0 aromatic heterocycles. The largest absolute Gasteiger partial charge is 0.490 e. The molecule has 2 aliphatic heterocycles. The number of nitrogens with zero attached hydrogens (tertiary/aromatic N) is 1. The summed E-state index contributed by atoms with van der Waals surface area (Å²) >= 11 is 0. The van der Waals surface area contributed by atoms with Crippen LogP contribution in [0, 0.1) is 5.92 Å². The molecule has 2 aromatic carbocycles. The van der Waals surface area contributed by atoms with Crippen LogP contribution in [0.2, 0.25) is 0 Å². The Morgan fingerprint density at radius 1 is 0.929 bits per heavy atom. The van der Waals surface area contributed by atoms with Crippen molar-refractivity contribution in [3.05, 3.63) is 59.2 Å². The van der Waals surface area contributed by atoms with Crippen molar-refractivity contribution in [2.24, 2.45) is 5.92 Å². The van der Waals surface area contributed by atoms with Crippen LogP contribution < -0.4 is 15.0 Å². The minimum absolute atomic E-state index is 0.0215. The van der Waals surface area contributed by atoms with Gasteiger partial charge in [0.05, 0.1) is 63.6 Å². The Bertz CT molecular complexity index is 1050. The van der Waals surface area contributed by atoms with Crippen LogP contribution in [0.25, 0.3) is 0 Å². The van der Waals surface area contributed by atoms with E-state index >= 15 is 0 Å². The van der Waals surface area contributed by atoms with Gasteiger partial charge in [-0.05, 0) is 42.2 Å². The summed E-state index contributed by atoms with van der Waals surface area (Å²) in [4.78, 5) is 2.37. The monoisotopic (exact) mass is 586 g/mol. The standard InChI is InChI=1S/C33H50N2O7/c1-24(19-38-4)20-39-22-26-6-9-28(10-7-26)33-31(41-21-25(2)36)17-34-18-32(33)42-23-27-8-11-30-29(16-27)35(13-15-40-30)12-5-14-37-3/h6-11,16,24-25,31-34,36H,5,12-15,17-23H2,1-4H3/t24-,25?,31+,32-,33-/m0/s1. The molecule has 1 saturated heterocycles. The summed E-state index contributed by atoms with van der Waals surface area (Å²) in [7, 11) is 3.46. The summed E-state index contributed by atoms with van der Waals surface area (Å²) in [5.41, 5.74) is 4.51. The average Bonchev–Trinajstić information content (AvgIpc) is 2.99. The first-order valence-electron chi connectivity index (χ1n) is 15.3. The van der Waals surface area contributed by atoms with Gasteiger partial charge in [-0.1, -0.05) is 37.3 Å². The Hall–Kier alpha value is -2.24. The lowest BCUT2D eigenvalue weighted by atomic mass is 9.85. The molecular formula is C33H50N2O7. The van der Waals surface area contributed by atoms with Gasteiger partial charge < -0.3 is 43.7 Å². The van der Waals surface area contributed by atoms with Crippen molar-refractivity contribution >= 4 is 5.69 Å². The minimum atomic E-state index is -0.531. The maximum absolute atomic E-state index is 9.92. The summed E-state index contributed by atoms with van der Waals surface area (Å²) in [6.45, 7) is 11.2. The van der Waals surface area contributed by atoms with Gasteiger partial charge in [0.1, 0.15) is 12.4 Å². The minimum Gasteiger partial charge on any atom is -0.490 e. The van der Waals surface area contributed by atoms with Gasteiger partial charge in [-0.25, -0.2) is 0 Å². The summed E-state index contributed by atoms with van der Waals surface area (Å²) in [5, 5.41) is 13.4. The molecule has 0 spiro atoms. The average molecular weight is 587 g/mol. The van der Waals surface area contributed by atoms with Gasteiger partial charge in [0.2, 0.25) is 0 Å². The molecule has 1 unspecified atom stereocenters. The second kappa shape index (κ2) is 17.2. The van der Waals surface area contributed by atoms with Crippen molar-refractivity contribution in [1.82, 2.24) is 5.32 Å². The maximum Gasteiger partial charge on any atom is 0.142 e.